The van der Waals surface area contributed by atoms with Crippen LogP contribution in [0.5, 0.6) is 0 Å². The third-order valence-electron chi connectivity index (χ3n) is 2.41. The molecule has 0 aliphatic heterocycles. The second-order valence-corrected chi connectivity index (χ2v) is 5.15. The fourth-order valence-electron chi connectivity index (χ4n) is 1.52. The average Bonchev–Trinajstić information content (AvgIpc) is 2.58. The van der Waals surface area contributed by atoms with E-state index in [4.69, 9.17) is 5.73 Å². The summed E-state index contributed by atoms with van der Waals surface area (Å²) in [6.07, 6.45) is 1.85. The molecule has 0 saturated carbocycles. The molecule has 5 heteroatoms. The van der Waals surface area contributed by atoms with Gasteiger partial charge in [0.1, 0.15) is 0 Å². The minimum atomic E-state index is -0.0204. The molecule has 17 heavy (non-hydrogen) atoms. The summed E-state index contributed by atoms with van der Waals surface area (Å²) in [7, 11) is 1.94. The van der Waals surface area contributed by atoms with Gasteiger partial charge in [-0.05, 0) is 32.0 Å². The molecule has 0 amide bonds. The Bertz CT molecular complexity index is 502. The van der Waals surface area contributed by atoms with Gasteiger partial charge in [0.05, 0.1) is 16.4 Å². The predicted octanol–water partition coefficient (Wildman–Crippen LogP) is 2.29. The van der Waals surface area contributed by atoms with Crippen LogP contribution in [0.25, 0.3) is 0 Å². The number of aromatic nitrogens is 3. The molecule has 0 aliphatic carbocycles. The second kappa shape index (κ2) is 4.89. The predicted molar refractivity (Wildman–Crippen MR) is 68.9 cm³/mol. The molecule has 0 fully saturated rings. The van der Waals surface area contributed by atoms with Crippen molar-refractivity contribution in [1.82, 2.24) is 14.8 Å². The third-order valence-corrected chi connectivity index (χ3v) is 3.48. The van der Waals surface area contributed by atoms with Gasteiger partial charge >= 0.3 is 0 Å². The summed E-state index contributed by atoms with van der Waals surface area (Å²) in [5.41, 5.74) is 7.70. The Morgan fingerprint density at radius 2 is 2.18 bits per heavy atom. The molecular formula is C12H16N4S. The van der Waals surface area contributed by atoms with Crippen molar-refractivity contribution in [3.05, 3.63) is 35.8 Å². The van der Waals surface area contributed by atoms with Crippen LogP contribution >= 0.6 is 11.8 Å². The lowest BCUT2D eigenvalue weighted by Crippen LogP contribution is -2.06. The van der Waals surface area contributed by atoms with E-state index in [1.54, 1.807) is 11.8 Å². The van der Waals surface area contributed by atoms with Crippen molar-refractivity contribution < 1.29 is 0 Å². The molecule has 0 saturated heterocycles. The van der Waals surface area contributed by atoms with Gasteiger partial charge in [0, 0.05) is 24.2 Å². The number of nitrogens with zero attached hydrogens (tertiary/aromatic N) is 3. The smallest absolute Gasteiger partial charge is 0.0987 e. The molecule has 2 aromatic rings. The number of aryl methyl sites for hydroxylation is 2. The lowest BCUT2D eigenvalue weighted by Gasteiger charge is -2.05. The van der Waals surface area contributed by atoms with Gasteiger partial charge in [-0.1, -0.05) is 11.8 Å². The third kappa shape index (κ3) is 2.87. The normalized spacial score (nSPS) is 12.7. The molecule has 1 unspecified atom stereocenters. The molecule has 2 rings (SSSR count). The summed E-state index contributed by atoms with van der Waals surface area (Å²) in [4.78, 5) is 5.43. The van der Waals surface area contributed by atoms with E-state index in [2.05, 4.69) is 16.1 Å². The quantitative estimate of drug-likeness (QED) is 0.905. The molecule has 2 N–H and O–H groups in total. The summed E-state index contributed by atoms with van der Waals surface area (Å²) < 4.78 is 1.87. The van der Waals surface area contributed by atoms with Crippen LogP contribution in [-0.4, -0.2) is 14.8 Å². The fourth-order valence-corrected chi connectivity index (χ4v) is 2.41. The molecule has 2 heterocycles. The average molecular weight is 248 g/mol. The minimum absolute atomic E-state index is 0.0204. The lowest BCUT2D eigenvalue weighted by molar-refractivity contribution is 0.692. The van der Waals surface area contributed by atoms with Gasteiger partial charge in [0.2, 0.25) is 0 Å². The zero-order valence-electron chi connectivity index (χ0n) is 10.2. The molecule has 0 radical (unpaired) electrons. The number of rotatable bonds is 3. The molecule has 2 aromatic heterocycles. The summed E-state index contributed by atoms with van der Waals surface area (Å²) in [6.45, 7) is 3.92. The second-order valence-electron chi connectivity index (χ2n) is 4.06. The van der Waals surface area contributed by atoms with Gasteiger partial charge in [-0.2, -0.15) is 5.10 Å². The first-order chi connectivity index (χ1) is 8.06. The van der Waals surface area contributed by atoms with Crippen molar-refractivity contribution in [3.63, 3.8) is 0 Å². The Morgan fingerprint density at radius 1 is 1.41 bits per heavy atom. The molecule has 1 atom stereocenters. The van der Waals surface area contributed by atoms with Gasteiger partial charge in [-0.3, -0.25) is 9.67 Å². The highest BCUT2D eigenvalue weighted by atomic mass is 32.2. The van der Waals surface area contributed by atoms with Gasteiger partial charge < -0.3 is 5.73 Å². The maximum absolute atomic E-state index is 5.76. The van der Waals surface area contributed by atoms with Crippen molar-refractivity contribution in [2.45, 2.75) is 29.8 Å². The van der Waals surface area contributed by atoms with Crippen LogP contribution in [0, 0.1) is 6.92 Å². The number of hydrogen-bond donors (Lipinski definition) is 1. The first-order valence-electron chi connectivity index (χ1n) is 5.46. The first kappa shape index (κ1) is 12.1. The molecule has 90 valence electrons. The summed E-state index contributed by atoms with van der Waals surface area (Å²) >= 11 is 1.65. The van der Waals surface area contributed by atoms with E-state index in [0.29, 0.717) is 0 Å². The Hall–Kier alpha value is -1.33. The summed E-state index contributed by atoms with van der Waals surface area (Å²) in [6, 6.07) is 6.05. The molecule has 0 bridgehead atoms. The molecule has 0 spiro atoms. The van der Waals surface area contributed by atoms with Gasteiger partial charge in [-0.15, -0.1) is 0 Å². The van der Waals surface area contributed by atoms with Gasteiger partial charge in [0.15, 0.2) is 0 Å². The van der Waals surface area contributed by atoms with Crippen molar-refractivity contribution in [1.29, 1.82) is 0 Å². The zero-order chi connectivity index (χ0) is 12.4. The van der Waals surface area contributed by atoms with Crippen molar-refractivity contribution >= 4 is 11.8 Å². The van der Waals surface area contributed by atoms with Crippen LogP contribution < -0.4 is 5.73 Å². The van der Waals surface area contributed by atoms with Crippen LogP contribution in [-0.2, 0) is 7.05 Å². The lowest BCUT2D eigenvalue weighted by atomic mass is 10.2. The fraction of sp³-hybridized carbons (Fsp3) is 0.333. The Kier molecular flexibility index (Phi) is 3.49. The van der Waals surface area contributed by atoms with Gasteiger partial charge in [-0.25, -0.2) is 0 Å². The Labute approximate surface area is 105 Å². The highest BCUT2D eigenvalue weighted by Crippen LogP contribution is 2.27. The maximum Gasteiger partial charge on any atom is 0.0987 e. The number of pyridine rings is 1. The molecule has 0 aliphatic rings. The maximum atomic E-state index is 5.76. The monoisotopic (exact) mass is 248 g/mol. The van der Waals surface area contributed by atoms with Crippen molar-refractivity contribution in [2.75, 3.05) is 0 Å². The SMILES string of the molecule is Cc1cc(Sc2ccc(C(C)N)nc2)n(C)n1. The van der Waals surface area contributed by atoms with E-state index in [1.807, 2.05) is 43.9 Å². The largest absolute Gasteiger partial charge is 0.323 e. The number of hydrogen-bond acceptors (Lipinski definition) is 4. The Morgan fingerprint density at radius 3 is 2.65 bits per heavy atom. The molecule has 4 nitrogen and oxygen atoms in total. The highest BCUT2D eigenvalue weighted by Gasteiger charge is 2.06. The van der Waals surface area contributed by atoms with E-state index in [9.17, 15) is 0 Å². The zero-order valence-corrected chi connectivity index (χ0v) is 11.0. The summed E-state index contributed by atoms with van der Waals surface area (Å²) in [5, 5.41) is 5.42. The van der Waals surface area contributed by atoms with E-state index in [1.165, 1.54) is 0 Å². The number of nitrogens with two attached hydrogens (primary N) is 1. The van der Waals surface area contributed by atoms with Crippen LogP contribution in [0.1, 0.15) is 24.4 Å². The topological polar surface area (TPSA) is 56.7 Å². The van der Waals surface area contributed by atoms with Crippen LogP contribution in [0.3, 0.4) is 0 Å². The molecule has 0 aromatic carbocycles. The van der Waals surface area contributed by atoms with E-state index >= 15 is 0 Å². The van der Waals surface area contributed by atoms with Gasteiger partial charge in [0.25, 0.3) is 0 Å². The van der Waals surface area contributed by atoms with Crippen LogP contribution in [0.4, 0.5) is 0 Å². The summed E-state index contributed by atoms with van der Waals surface area (Å²) in [5.74, 6) is 0. The Balaban J connectivity index is 2.16. The first-order valence-corrected chi connectivity index (χ1v) is 6.28. The van der Waals surface area contributed by atoms with Crippen molar-refractivity contribution in [2.24, 2.45) is 12.8 Å². The van der Waals surface area contributed by atoms with E-state index in [0.717, 1.165) is 21.3 Å². The standard InChI is InChI=1S/C12H16N4S/c1-8-6-12(16(3)15-8)17-10-4-5-11(9(2)13)14-7-10/h4-7,9H,13H2,1-3H3. The highest BCUT2D eigenvalue weighted by molar-refractivity contribution is 7.99. The van der Waals surface area contributed by atoms with Crippen molar-refractivity contribution in [3.8, 4) is 0 Å². The minimum Gasteiger partial charge on any atom is -0.323 e. The molecular weight excluding hydrogens is 232 g/mol. The van der Waals surface area contributed by atoms with Crippen LogP contribution in [0.15, 0.2) is 34.3 Å². The van der Waals surface area contributed by atoms with Crippen LogP contribution in [0.2, 0.25) is 0 Å². The van der Waals surface area contributed by atoms with E-state index < -0.39 is 0 Å². The van der Waals surface area contributed by atoms with E-state index in [-0.39, 0.29) is 6.04 Å².